The zero-order valence-corrected chi connectivity index (χ0v) is 15.1. The molecule has 4 rings (SSSR count). The van der Waals surface area contributed by atoms with E-state index in [-0.39, 0.29) is 11.0 Å². The molecule has 0 atom stereocenters. The van der Waals surface area contributed by atoms with E-state index in [2.05, 4.69) is 55.6 Å². The van der Waals surface area contributed by atoms with Crippen LogP contribution in [0.25, 0.3) is 11.1 Å². The lowest BCUT2D eigenvalue weighted by molar-refractivity contribution is 0.0698. The third kappa shape index (κ3) is 2.39. The Bertz CT molecular complexity index is 1030. The largest absolute Gasteiger partial charge is 0.478 e. The van der Waals surface area contributed by atoms with Crippen LogP contribution < -0.4 is 5.32 Å². The number of carbonyl (C=O) groups is 1. The van der Waals surface area contributed by atoms with Crippen LogP contribution in [-0.2, 0) is 5.41 Å². The molecular weight excluding hydrogens is 322 g/mol. The number of rotatable bonds is 3. The summed E-state index contributed by atoms with van der Waals surface area (Å²) in [5, 5.41) is 12.8. The molecule has 0 bridgehead atoms. The lowest BCUT2D eigenvalue weighted by atomic mass is 9.82. The summed E-state index contributed by atoms with van der Waals surface area (Å²) in [5.74, 6) is -0.926. The van der Waals surface area contributed by atoms with Crippen molar-refractivity contribution in [3.63, 3.8) is 0 Å². The van der Waals surface area contributed by atoms with Crippen LogP contribution in [0.5, 0.6) is 0 Å². The van der Waals surface area contributed by atoms with Gasteiger partial charge in [0, 0.05) is 11.1 Å². The van der Waals surface area contributed by atoms with E-state index in [0.29, 0.717) is 5.69 Å². The summed E-state index contributed by atoms with van der Waals surface area (Å²) >= 11 is 0. The summed E-state index contributed by atoms with van der Waals surface area (Å²) in [6, 6.07) is 20.1. The number of nitrogens with one attached hydrogen (secondary N) is 1. The third-order valence-corrected chi connectivity index (χ3v) is 5.36. The van der Waals surface area contributed by atoms with Gasteiger partial charge in [-0.05, 0) is 52.9 Å². The lowest BCUT2D eigenvalue weighted by Crippen LogP contribution is -2.15. The number of aryl methyl sites for hydroxylation is 1. The Labute approximate surface area is 153 Å². The standard InChI is InChI=1S/C23H21NO2/c1-14-7-6-9-18(22(25)26)21(14)24-15-11-12-17-16-8-4-5-10-19(16)23(2,3)20(17)13-15/h4-13,24H,1-3H3,(H,25,26). The zero-order valence-electron chi connectivity index (χ0n) is 15.1. The first-order valence-corrected chi connectivity index (χ1v) is 8.74. The van der Waals surface area contributed by atoms with Gasteiger partial charge in [0.1, 0.15) is 0 Å². The molecule has 0 unspecified atom stereocenters. The average molecular weight is 343 g/mol. The Balaban J connectivity index is 1.80. The number of fused-ring (bicyclic) bond motifs is 3. The van der Waals surface area contributed by atoms with Crippen molar-refractivity contribution in [2.75, 3.05) is 5.32 Å². The number of anilines is 2. The van der Waals surface area contributed by atoms with E-state index in [1.54, 1.807) is 12.1 Å². The van der Waals surface area contributed by atoms with Crippen LogP contribution in [0.4, 0.5) is 11.4 Å². The number of hydrogen-bond acceptors (Lipinski definition) is 2. The lowest BCUT2D eigenvalue weighted by Gasteiger charge is -2.22. The molecule has 3 nitrogen and oxygen atoms in total. The highest BCUT2D eigenvalue weighted by molar-refractivity contribution is 5.96. The maximum absolute atomic E-state index is 11.6. The summed E-state index contributed by atoms with van der Waals surface area (Å²) in [6.45, 7) is 6.39. The van der Waals surface area contributed by atoms with E-state index in [9.17, 15) is 9.90 Å². The Kier molecular flexibility index (Phi) is 3.62. The van der Waals surface area contributed by atoms with E-state index < -0.39 is 5.97 Å². The molecule has 1 aliphatic rings. The minimum atomic E-state index is -0.926. The number of hydrogen-bond donors (Lipinski definition) is 2. The zero-order chi connectivity index (χ0) is 18.5. The molecule has 0 saturated carbocycles. The van der Waals surface area contributed by atoms with E-state index in [1.165, 1.54) is 22.3 Å². The van der Waals surface area contributed by atoms with Gasteiger partial charge in [0.15, 0.2) is 0 Å². The van der Waals surface area contributed by atoms with Crippen molar-refractivity contribution in [1.29, 1.82) is 0 Å². The highest BCUT2D eigenvalue weighted by Crippen LogP contribution is 2.49. The van der Waals surface area contributed by atoms with Crippen LogP contribution in [0.2, 0.25) is 0 Å². The van der Waals surface area contributed by atoms with Gasteiger partial charge in [-0.3, -0.25) is 0 Å². The SMILES string of the molecule is Cc1cccc(C(=O)O)c1Nc1ccc2c(c1)C(C)(C)c1ccccc1-2. The second-order valence-corrected chi connectivity index (χ2v) is 7.36. The Morgan fingerprint density at radius 2 is 1.65 bits per heavy atom. The number of carboxylic acid groups (broad SMARTS) is 1. The predicted octanol–water partition coefficient (Wildman–Crippen LogP) is 5.74. The Hall–Kier alpha value is -3.07. The van der Waals surface area contributed by atoms with E-state index in [4.69, 9.17) is 0 Å². The molecule has 2 N–H and O–H groups in total. The monoisotopic (exact) mass is 343 g/mol. The van der Waals surface area contributed by atoms with Gasteiger partial charge in [0.25, 0.3) is 0 Å². The van der Waals surface area contributed by atoms with Gasteiger partial charge >= 0.3 is 5.97 Å². The van der Waals surface area contributed by atoms with Gasteiger partial charge in [0.05, 0.1) is 11.3 Å². The highest BCUT2D eigenvalue weighted by Gasteiger charge is 2.35. The van der Waals surface area contributed by atoms with Crippen molar-refractivity contribution in [2.24, 2.45) is 0 Å². The minimum Gasteiger partial charge on any atom is -0.478 e. The third-order valence-electron chi connectivity index (χ3n) is 5.36. The number of para-hydroxylation sites is 1. The Morgan fingerprint density at radius 3 is 2.42 bits per heavy atom. The molecule has 3 aromatic rings. The predicted molar refractivity (Wildman–Crippen MR) is 105 cm³/mol. The highest BCUT2D eigenvalue weighted by atomic mass is 16.4. The minimum absolute atomic E-state index is 0.0784. The fourth-order valence-corrected chi connectivity index (χ4v) is 3.94. The number of aromatic carboxylic acids is 1. The summed E-state index contributed by atoms with van der Waals surface area (Å²) in [6.07, 6.45) is 0. The smallest absolute Gasteiger partial charge is 0.337 e. The first-order chi connectivity index (χ1) is 12.4. The quantitative estimate of drug-likeness (QED) is 0.637. The van der Waals surface area contributed by atoms with Crippen molar-refractivity contribution in [3.8, 4) is 11.1 Å². The first kappa shape index (κ1) is 16.4. The summed E-state index contributed by atoms with van der Waals surface area (Å²) in [5.41, 5.74) is 7.78. The molecule has 0 aromatic heterocycles. The van der Waals surface area contributed by atoms with Crippen molar-refractivity contribution >= 4 is 17.3 Å². The molecule has 0 spiro atoms. The van der Waals surface area contributed by atoms with Crippen LogP contribution >= 0.6 is 0 Å². The molecule has 130 valence electrons. The number of carboxylic acids is 1. The van der Waals surface area contributed by atoms with Gasteiger partial charge in [-0.25, -0.2) is 4.79 Å². The molecule has 0 amide bonds. The van der Waals surface area contributed by atoms with Crippen LogP contribution in [0.1, 0.15) is 40.9 Å². The van der Waals surface area contributed by atoms with Gasteiger partial charge in [-0.2, -0.15) is 0 Å². The van der Waals surface area contributed by atoms with Gasteiger partial charge in [0.2, 0.25) is 0 Å². The average Bonchev–Trinajstić information content (AvgIpc) is 2.84. The molecular formula is C23H21NO2. The summed E-state index contributed by atoms with van der Waals surface area (Å²) < 4.78 is 0. The summed E-state index contributed by atoms with van der Waals surface area (Å²) in [7, 11) is 0. The second kappa shape index (κ2) is 5.73. The molecule has 1 aliphatic carbocycles. The van der Waals surface area contributed by atoms with Crippen molar-refractivity contribution in [2.45, 2.75) is 26.2 Å². The van der Waals surface area contributed by atoms with Gasteiger partial charge in [-0.1, -0.05) is 56.3 Å². The number of benzene rings is 3. The van der Waals surface area contributed by atoms with E-state index in [1.807, 2.05) is 19.1 Å². The molecule has 26 heavy (non-hydrogen) atoms. The molecule has 0 radical (unpaired) electrons. The van der Waals surface area contributed by atoms with Crippen LogP contribution in [0.3, 0.4) is 0 Å². The molecule has 3 heteroatoms. The second-order valence-electron chi connectivity index (χ2n) is 7.36. The molecule has 0 heterocycles. The van der Waals surface area contributed by atoms with Gasteiger partial charge in [-0.15, -0.1) is 0 Å². The molecule has 0 aliphatic heterocycles. The fraction of sp³-hybridized carbons (Fsp3) is 0.174. The van der Waals surface area contributed by atoms with E-state index in [0.717, 1.165) is 11.3 Å². The molecule has 0 saturated heterocycles. The maximum atomic E-state index is 11.6. The van der Waals surface area contributed by atoms with Crippen LogP contribution in [-0.4, -0.2) is 11.1 Å². The normalized spacial score (nSPS) is 13.8. The van der Waals surface area contributed by atoms with Gasteiger partial charge < -0.3 is 10.4 Å². The molecule has 3 aromatic carbocycles. The van der Waals surface area contributed by atoms with E-state index >= 15 is 0 Å². The van der Waals surface area contributed by atoms with Crippen molar-refractivity contribution in [1.82, 2.24) is 0 Å². The van der Waals surface area contributed by atoms with Crippen LogP contribution in [0.15, 0.2) is 60.7 Å². The van der Waals surface area contributed by atoms with Crippen LogP contribution in [0, 0.1) is 6.92 Å². The van der Waals surface area contributed by atoms with Crippen molar-refractivity contribution in [3.05, 3.63) is 82.9 Å². The summed E-state index contributed by atoms with van der Waals surface area (Å²) in [4.78, 5) is 11.6. The fourth-order valence-electron chi connectivity index (χ4n) is 3.94. The van der Waals surface area contributed by atoms with Crippen molar-refractivity contribution < 1.29 is 9.90 Å². The molecule has 0 fully saturated rings. The Morgan fingerprint density at radius 1 is 0.923 bits per heavy atom. The first-order valence-electron chi connectivity index (χ1n) is 8.74. The topological polar surface area (TPSA) is 49.3 Å². The maximum Gasteiger partial charge on any atom is 0.337 e.